The highest BCUT2D eigenvalue weighted by molar-refractivity contribution is 6.33. The lowest BCUT2D eigenvalue weighted by atomic mass is 10.1. The Bertz CT molecular complexity index is 1210. The Kier molecular flexibility index (Phi) is 7.34. The average molecular weight is 485 g/mol. The van der Waals surface area contributed by atoms with Crippen molar-refractivity contribution in [3.05, 3.63) is 53.2 Å². The summed E-state index contributed by atoms with van der Waals surface area (Å²) in [7, 11) is 3.02. The van der Waals surface area contributed by atoms with Crippen molar-refractivity contribution in [3.63, 3.8) is 0 Å². The number of nitrogens with one attached hydrogen (secondary N) is 3. The van der Waals surface area contributed by atoms with E-state index in [-0.39, 0.29) is 18.0 Å². The molecule has 1 aliphatic rings. The van der Waals surface area contributed by atoms with Gasteiger partial charge in [-0.1, -0.05) is 11.6 Å². The highest BCUT2D eigenvalue weighted by atomic mass is 35.5. The van der Waals surface area contributed by atoms with Crippen LogP contribution in [0.5, 0.6) is 17.2 Å². The topological polar surface area (TPSA) is 111 Å². The van der Waals surface area contributed by atoms with Gasteiger partial charge in [0, 0.05) is 43.9 Å². The maximum Gasteiger partial charge on any atom is 0.319 e. The van der Waals surface area contributed by atoms with E-state index in [0.29, 0.717) is 51.0 Å². The van der Waals surface area contributed by atoms with Crippen molar-refractivity contribution in [1.29, 1.82) is 0 Å². The van der Waals surface area contributed by atoms with Crippen molar-refractivity contribution in [2.75, 3.05) is 32.6 Å². The van der Waals surface area contributed by atoms with E-state index < -0.39 is 0 Å². The van der Waals surface area contributed by atoms with E-state index >= 15 is 0 Å². The van der Waals surface area contributed by atoms with Gasteiger partial charge in [-0.15, -0.1) is 0 Å². The zero-order chi connectivity index (χ0) is 24.1. The second-order valence-corrected chi connectivity index (χ2v) is 8.08. The summed E-state index contributed by atoms with van der Waals surface area (Å²) in [5, 5.41) is 8.97. The Morgan fingerprint density at radius 1 is 1.21 bits per heavy atom. The molecule has 2 aromatic carbocycles. The van der Waals surface area contributed by atoms with Crippen LogP contribution in [-0.4, -0.2) is 50.3 Å². The molecule has 2 heterocycles. The summed E-state index contributed by atoms with van der Waals surface area (Å²) in [4.78, 5) is 28.9. The van der Waals surface area contributed by atoms with Gasteiger partial charge in [0.05, 0.1) is 35.0 Å². The summed E-state index contributed by atoms with van der Waals surface area (Å²) < 4.78 is 17.1. The molecule has 0 spiro atoms. The van der Waals surface area contributed by atoms with Crippen molar-refractivity contribution in [2.45, 2.75) is 18.9 Å². The third kappa shape index (κ3) is 5.32. The summed E-state index contributed by atoms with van der Waals surface area (Å²) in [6.07, 6.45) is 3.56. The number of nitrogens with zero attached hydrogens (tertiary/aromatic N) is 1. The Labute approximate surface area is 201 Å². The lowest BCUT2D eigenvalue weighted by Crippen LogP contribution is -2.32. The Morgan fingerprint density at radius 2 is 2.06 bits per heavy atom. The van der Waals surface area contributed by atoms with Gasteiger partial charge in [-0.3, -0.25) is 9.78 Å². The van der Waals surface area contributed by atoms with Crippen LogP contribution in [0.3, 0.4) is 0 Å². The fourth-order valence-corrected chi connectivity index (χ4v) is 3.88. The third-order valence-electron chi connectivity index (χ3n) is 5.43. The first-order valence-corrected chi connectivity index (χ1v) is 11.2. The Balaban J connectivity index is 1.60. The number of hydrogen-bond acceptors (Lipinski definition) is 6. The Morgan fingerprint density at radius 3 is 2.76 bits per heavy atom. The van der Waals surface area contributed by atoms with E-state index in [2.05, 4.69) is 20.9 Å². The molecule has 34 heavy (non-hydrogen) atoms. The first-order valence-electron chi connectivity index (χ1n) is 10.8. The van der Waals surface area contributed by atoms with Crippen molar-refractivity contribution < 1.29 is 23.8 Å². The third-order valence-corrected chi connectivity index (χ3v) is 5.74. The number of urea groups is 1. The van der Waals surface area contributed by atoms with Crippen LogP contribution in [0.4, 0.5) is 10.5 Å². The minimum atomic E-state index is -0.380. The molecular formula is C24H25ClN4O5. The summed E-state index contributed by atoms with van der Waals surface area (Å²) >= 11 is 6.30. The number of aromatic nitrogens is 1. The van der Waals surface area contributed by atoms with Crippen molar-refractivity contribution >= 4 is 40.1 Å². The normalized spacial score (nSPS) is 15.1. The molecule has 3 N–H and O–H groups in total. The van der Waals surface area contributed by atoms with Crippen LogP contribution in [-0.2, 0) is 4.74 Å². The predicted molar refractivity (Wildman–Crippen MR) is 129 cm³/mol. The molecule has 1 atom stereocenters. The number of carbonyl (C=O) groups is 2. The predicted octanol–water partition coefficient (Wildman–Crippen LogP) is 4.35. The fourth-order valence-electron chi connectivity index (χ4n) is 3.66. The first-order chi connectivity index (χ1) is 16.5. The molecule has 1 aromatic heterocycles. The van der Waals surface area contributed by atoms with Crippen LogP contribution < -0.4 is 25.4 Å². The summed E-state index contributed by atoms with van der Waals surface area (Å²) in [5.74, 6) is 1.09. The number of anilines is 1. The second kappa shape index (κ2) is 10.6. The summed E-state index contributed by atoms with van der Waals surface area (Å²) in [6.45, 7) is 1.16. The highest BCUT2D eigenvalue weighted by Gasteiger charge is 2.20. The highest BCUT2D eigenvalue weighted by Crippen LogP contribution is 2.35. The zero-order valence-electron chi connectivity index (χ0n) is 18.8. The quantitative estimate of drug-likeness (QED) is 0.460. The smallest absolute Gasteiger partial charge is 0.319 e. The molecule has 0 saturated carbocycles. The minimum Gasteiger partial charge on any atom is -0.496 e. The molecule has 1 fully saturated rings. The number of amides is 3. The number of fused-ring (bicyclic) bond motifs is 1. The van der Waals surface area contributed by atoms with Gasteiger partial charge in [0.15, 0.2) is 0 Å². The molecular weight excluding hydrogens is 460 g/mol. The van der Waals surface area contributed by atoms with Crippen molar-refractivity contribution in [2.24, 2.45) is 0 Å². The molecule has 3 aromatic rings. The SMILES string of the molecule is CNC(=O)Nc1ccc(Oc2ccnc3cc(OC)c(C(=O)NC[C@@H]4CCCO4)cc23)cc1Cl. The number of rotatable bonds is 7. The molecule has 1 saturated heterocycles. The summed E-state index contributed by atoms with van der Waals surface area (Å²) in [6, 6.07) is 9.64. The van der Waals surface area contributed by atoms with Crippen LogP contribution in [0, 0.1) is 0 Å². The fraction of sp³-hybridized carbons (Fsp3) is 0.292. The molecule has 0 bridgehead atoms. The zero-order valence-corrected chi connectivity index (χ0v) is 19.6. The number of ether oxygens (including phenoxy) is 3. The number of pyridine rings is 1. The monoisotopic (exact) mass is 484 g/mol. The number of hydrogen-bond donors (Lipinski definition) is 3. The van der Waals surface area contributed by atoms with Gasteiger partial charge < -0.3 is 30.2 Å². The van der Waals surface area contributed by atoms with Crippen molar-refractivity contribution in [3.8, 4) is 17.2 Å². The number of halogens is 1. The van der Waals surface area contributed by atoms with E-state index in [1.165, 1.54) is 14.2 Å². The van der Waals surface area contributed by atoms with Gasteiger partial charge in [-0.2, -0.15) is 0 Å². The summed E-state index contributed by atoms with van der Waals surface area (Å²) in [5.41, 5.74) is 1.42. The maximum atomic E-state index is 12.9. The van der Waals surface area contributed by atoms with E-state index in [1.54, 1.807) is 42.6 Å². The van der Waals surface area contributed by atoms with Gasteiger partial charge >= 0.3 is 6.03 Å². The molecule has 0 unspecified atom stereocenters. The largest absolute Gasteiger partial charge is 0.496 e. The van der Waals surface area contributed by atoms with E-state index in [1.807, 2.05) is 0 Å². The van der Waals surface area contributed by atoms with Gasteiger partial charge in [-0.25, -0.2) is 4.79 Å². The van der Waals surface area contributed by atoms with Gasteiger partial charge in [0.2, 0.25) is 0 Å². The molecule has 1 aliphatic heterocycles. The van der Waals surface area contributed by atoms with Crippen LogP contribution >= 0.6 is 11.6 Å². The standard InChI is InChI=1S/C24H25ClN4O5/c1-26-24(31)29-19-6-5-14(10-18(19)25)34-21-7-8-27-20-12-22(32-2)17(11-16(20)21)23(30)28-13-15-4-3-9-33-15/h5-8,10-12,15H,3-4,9,13H2,1-2H3,(H,28,30)(H2,26,29,31)/t15-/m0/s1. The minimum absolute atomic E-state index is 0.0292. The van der Waals surface area contributed by atoms with Gasteiger partial charge in [0.1, 0.15) is 17.2 Å². The average Bonchev–Trinajstić information content (AvgIpc) is 3.37. The molecule has 9 nitrogen and oxygen atoms in total. The van der Waals surface area contributed by atoms with E-state index in [9.17, 15) is 9.59 Å². The molecule has 10 heteroatoms. The van der Waals surface area contributed by atoms with Crippen LogP contribution in [0.25, 0.3) is 10.9 Å². The number of methoxy groups -OCH3 is 1. The molecule has 4 rings (SSSR count). The van der Waals surface area contributed by atoms with Crippen molar-refractivity contribution in [1.82, 2.24) is 15.6 Å². The van der Waals surface area contributed by atoms with Crippen LogP contribution in [0.1, 0.15) is 23.2 Å². The molecule has 3 amide bonds. The lowest BCUT2D eigenvalue weighted by molar-refractivity contribution is 0.0855. The van der Waals surface area contributed by atoms with Gasteiger partial charge in [-0.05, 0) is 37.1 Å². The molecule has 178 valence electrons. The number of benzene rings is 2. The Hall–Kier alpha value is -3.56. The lowest BCUT2D eigenvalue weighted by Gasteiger charge is -2.15. The maximum absolute atomic E-state index is 12.9. The van der Waals surface area contributed by atoms with E-state index in [0.717, 1.165) is 19.4 Å². The number of carbonyl (C=O) groups excluding carboxylic acids is 2. The van der Waals surface area contributed by atoms with E-state index in [4.69, 9.17) is 25.8 Å². The van der Waals surface area contributed by atoms with Gasteiger partial charge in [0.25, 0.3) is 5.91 Å². The second-order valence-electron chi connectivity index (χ2n) is 7.67. The first kappa shape index (κ1) is 23.6. The molecule has 0 radical (unpaired) electrons. The van der Waals surface area contributed by atoms with Crippen LogP contribution in [0.2, 0.25) is 5.02 Å². The van der Waals surface area contributed by atoms with Crippen LogP contribution in [0.15, 0.2) is 42.6 Å². The molecule has 0 aliphatic carbocycles.